The highest BCUT2D eigenvalue weighted by atomic mass is 35.5. The number of rotatable bonds is 7. The summed E-state index contributed by atoms with van der Waals surface area (Å²) in [5, 5.41) is 3.30. The summed E-state index contributed by atoms with van der Waals surface area (Å²) in [7, 11) is -3.74. The molecule has 1 amide bonds. The van der Waals surface area contributed by atoms with Crippen LogP contribution in [0, 0.1) is 0 Å². The molecule has 3 rings (SSSR count). The molecule has 30 heavy (non-hydrogen) atoms. The summed E-state index contributed by atoms with van der Waals surface area (Å²) in [6.45, 7) is 1.62. The lowest BCUT2D eigenvalue weighted by molar-refractivity contribution is -0.120. The third kappa shape index (κ3) is 5.29. The molecule has 5 nitrogen and oxygen atoms in total. The molecule has 0 bridgehead atoms. The molecule has 1 atom stereocenters. The van der Waals surface area contributed by atoms with E-state index >= 15 is 0 Å². The maximum atomic E-state index is 12.8. The first kappa shape index (κ1) is 22.9. The molecule has 0 radical (unpaired) electrons. The van der Waals surface area contributed by atoms with E-state index in [2.05, 4.69) is 23.5 Å². The number of sulfonamides is 1. The first-order valence-electron chi connectivity index (χ1n) is 10.0. The lowest BCUT2D eigenvalue weighted by Crippen LogP contribution is -2.41. The van der Waals surface area contributed by atoms with Gasteiger partial charge in [-0.05, 0) is 60.9 Å². The number of hydrogen-bond acceptors (Lipinski definition) is 3. The van der Waals surface area contributed by atoms with Crippen molar-refractivity contribution in [3.05, 3.63) is 63.1 Å². The Hall–Kier alpha value is -1.76. The predicted octanol–water partition coefficient (Wildman–Crippen LogP) is 4.91. The molecule has 1 unspecified atom stereocenters. The van der Waals surface area contributed by atoms with Crippen LogP contribution in [0.4, 0.5) is 5.69 Å². The van der Waals surface area contributed by atoms with Crippen LogP contribution in [0.3, 0.4) is 0 Å². The van der Waals surface area contributed by atoms with Crippen LogP contribution < -0.4 is 9.62 Å². The van der Waals surface area contributed by atoms with Gasteiger partial charge < -0.3 is 5.32 Å². The lowest BCUT2D eigenvalue weighted by atomic mass is 9.89. The zero-order valence-electron chi connectivity index (χ0n) is 17.1. The fraction of sp³-hybridized carbons (Fsp3) is 0.409. The van der Waals surface area contributed by atoms with E-state index in [1.54, 1.807) is 12.1 Å². The molecule has 0 saturated heterocycles. The minimum absolute atomic E-state index is 0.0964. The van der Waals surface area contributed by atoms with Crippen LogP contribution in [0.2, 0.25) is 10.0 Å². The maximum absolute atomic E-state index is 12.8. The van der Waals surface area contributed by atoms with Gasteiger partial charge in [-0.25, -0.2) is 8.42 Å². The largest absolute Gasteiger partial charge is 0.348 e. The van der Waals surface area contributed by atoms with E-state index in [4.69, 9.17) is 23.2 Å². The second-order valence-electron chi connectivity index (χ2n) is 7.61. The number of anilines is 1. The molecule has 0 saturated carbocycles. The Morgan fingerprint density at radius 2 is 1.83 bits per heavy atom. The van der Waals surface area contributed by atoms with Crippen molar-refractivity contribution in [1.29, 1.82) is 0 Å². The minimum atomic E-state index is -3.74. The molecule has 1 aliphatic rings. The topological polar surface area (TPSA) is 66.5 Å². The number of carbonyl (C=O) groups is 1. The van der Waals surface area contributed by atoms with E-state index in [9.17, 15) is 13.2 Å². The zero-order chi connectivity index (χ0) is 21.9. The summed E-state index contributed by atoms with van der Waals surface area (Å²) in [6.07, 6.45) is 6.29. The number of nitrogens with zero attached hydrogens (tertiary/aromatic N) is 1. The van der Waals surface area contributed by atoms with Gasteiger partial charge in [0.2, 0.25) is 15.9 Å². The summed E-state index contributed by atoms with van der Waals surface area (Å²) >= 11 is 12.2. The summed E-state index contributed by atoms with van der Waals surface area (Å²) < 4.78 is 25.7. The number of benzene rings is 2. The quantitative estimate of drug-likeness (QED) is 0.627. The van der Waals surface area contributed by atoms with Gasteiger partial charge in [0, 0.05) is 0 Å². The molecule has 2 aromatic carbocycles. The number of fused-ring (bicyclic) bond motifs is 1. The average molecular weight is 469 g/mol. The van der Waals surface area contributed by atoms with Gasteiger partial charge in [-0.1, -0.05) is 54.4 Å². The normalized spacial score (nSPS) is 14.7. The standard InChI is InChI=1S/C22H26Cl2N2O3S/c1-3-19(17-12-11-15-7-4-5-8-16(15)13-17)25-21(27)14-26(30(2,28)29)20-10-6-9-18(23)22(20)24/h6,9-13,19H,3-5,7-8,14H2,1-2H3,(H,25,27). The Bertz CT molecular complexity index is 1040. The highest BCUT2D eigenvalue weighted by Gasteiger charge is 2.25. The molecule has 0 heterocycles. The molecule has 0 aromatic heterocycles. The molecule has 8 heteroatoms. The van der Waals surface area contributed by atoms with Crippen LogP contribution in [-0.2, 0) is 27.7 Å². The van der Waals surface area contributed by atoms with Gasteiger partial charge in [-0.3, -0.25) is 9.10 Å². The molecule has 162 valence electrons. The fourth-order valence-corrected chi connectivity index (χ4v) is 5.14. The van der Waals surface area contributed by atoms with Crippen molar-refractivity contribution >= 4 is 44.8 Å². The molecular formula is C22H26Cl2N2O3S. The number of nitrogens with one attached hydrogen (secondary N) is 1. The molecule has 0 fully saturated rings. The van der Waals surface area contributed by atoms with Gasteiger partial charge in [0.05, 0.1) is 28.0 Å². The van der Waals surface area contributed by atoms with Crippen molar-refractivity contribution in [3.8, 4) is 0 Å². The summed E-state index contributed by atoms with van der Waals surface area (Å²) in [5.74, 6) is -0.402. The van der Waals surface area contributed by atoms with Crippen molar-refractivity contribution in [2.75, 3.05) is 17.1 Å². The van der Waals surface area contributed by atoms with Gasteiger partial charge in [0.1, 0.15) is 6.54 Å². The Kier molecular flexibility index (Phi) is 7.32. The van der Waals surface area contributed by atoms with Gasteiger partial charge in [-0.15, -0.1) is 0 Å². The van der Waals surface area contributed by atoms with Crippen LogP contribution >= 0.6 is 23.2 Å². The number of halogens is 2. The van der Waals surface area contributed by atoms with Gasteiger partial charge >= 0.3 is 0 Å². The van der Waals surface area contributed by atoms with Crippen molar-refractivity contribution in [2.24, 2.45) is 0 Å². The first-order valence-corrected chi connectivity index (χ1v) is 12.6. The van der Waals surface area contributed by atoms with Crippen molar-refractivity contribution in [2.45, 2.75) is 45.1 Å². The Morgan fingerprint density at radius 3 is 2.50 bits per heavy atom. The van der Waals surface area contributed by atoms with E-state index < -0.39 is 15.9 Å². The number of hydrogen-bond donors (Lipinski definition) is 1. The Labute approximate surface area is 188 Å². The van der Waals surface area contributed by atoms with E-state index in [1.165, 1.54) is 30.0 Å². The SMILES string of the molecule is CCC(NC(=O)CN(c1cccc(Cl)c1Cl)S(C)(=O)=O)c1ccc2c(c1)CCCC2. The average Bonchev–Trinajstić information content (AvgIpc) is 2.71. The van der Waals surface area contributed by atoms with Crippen molar-refractivity contribution in [3.63, 3.8) is 0 Å². The molecule has 1 N–H and O–H groups in total. The molecule has 0 aliphatic heterocycles. The summed E-state index contributed by atoms with van der Waals surface area (Å²) in [5.41, 5.74) is 3.95. The molecule has 1 aliphatic carbocycles. The zero-order valence-corrected chi connectivity index (χ0v) is 19.4. The van der Waals surface area contributed by atoms with Crippen LogP contribution in [0.1, 0.15) is 48.9 Å². The predicted molar refractivity (Wildman–Crippen MR) is 123 cm³/mol. The van der Waals surface area contributed by atoms with Gasteiger partial charge in [-0.2, -0.15) is 0 Å². The Balaban J connectivity index is 1.80. The number of amides is 1. The highest BCUT2D eigenvalue weighted by Crippen LogP contribution is 2.33. The van der Waals surface area contributed by atoms with Gasteiger partial charge in [0.25, 0.3) is 0 Å². The number of carbonyl (C=O) groups excluding carboxylic acids is 1. The van der Waals surface area contributed by atoms with Crippen molar-refractivity contribution in [1.82, 2.24) is 5.32 Å². The van der Waals surface area contributed by atoms with Crippen LogP contribution in [-0.4, -0.2) is 27.1 Å². The molecule has 2 aromatic rings. The second-order valence-corrected chi connectivity index (χ2v) is 10.3. The highest BCUT2D eigenvalue weighted by molar-refractivity contribution is 7.92. The maximum Gasteiger partial charge on any atom is 0.241 e. The third-order valence-corrected chi connectivity index (χ3v) is 7.34. The number of aryl methyl sites for hydroxylation is 2. The van der Waals surface area contributed by atoms with Crippen LogP contribution in [0.15, 0.2) is 36.4 Å². The Morgan fingerprint density at radius 1 is 1.13 bits per heavy atom. The van der Waals surface area contributed by atoms with E-state index in [0.29, 0.717) is 6.42 Å². The fourth-order valence-electron chi connectivity index (χ4n) is 3.83. The van der Waals surface area contributed by atoms with E-state index in [0.717, 1.165) is 29.0 Å². The molecule has 0 spiro atoms. The monoisotopic (exact) mass is 468 g/mol. The van der Waals surface area contributed by atoms with E-state index in [-0.39, 0.29) is 28.3 Å². The van der Waals surface area contributed by atoms with Crippen molar-refractivity contribution < 1.29 is 13.2 Å². The molecular weight excluding hydrogens is 443 g/mol. The summed E-state index contributed by atoms with van der Waals surface area (Å²) in [4.78, 5) is 12.8. The second kappa shape index (κ2) is 9.58. The van der Waals surface area contributed by atoms with Crippen LogP contribution in [0.25, 0.3) is 0 Å². The minimum Gasteiger partial charge on any atom is -0.348 e. The summed E-state index contributed by atoms with van der Waals surface area (Å²) in [6, 6.07) is 10.9. The smallest absolute Gasteiger partial charge is 0.241 e. The lowest BCUT2D eigenvalue weighted by Gasteiger charge is -2.25. The van der Waals surface area contributed by atoms with Gasteiger partial charge in [0.15, 0.2) is 0 Å². The third-order valence-electron chi connectivity index (χ3n) is 5.41. The first-order chi connectivity index (χ1) is 14.2. The van der Waals surface area contributed by atoms with Crippen LogP contribution in [0.5, 0.6) is 0 Å². The van der Waals surface area contributed by atoms with E-state index in [1.807, 2.05) is 6.92 Å².